The number of aromatic nitrogens is 1. The summed E-state index contributed by atoms with van der Waals surface area (Å²) in [5, 5.41) is 5.17. The third-order valence-electron chi connectivity index (χ3n) is 16.7. The SMILES string of the molecule is CC1(c2ccccc2)c2ccccc2-c2c(-c3ccccc3N(c3ccccc3-c3ccc4c5ccccc5n(-c5ccccc5)c4c3)c3ccccc3-c3cccc4cccc(C5CCCCC5)c34)cccc21. The lowest BCUT2D eigenvalue weighted by molar-refractivity contribution is 0.445. The molecule has 2 heteroatoms. The van der Waals surface area contributed by atoms with Crippen molar-refractivity contribution in [2.45, 2.75) is 50.4 Å². The number of anilines is 3. The van der Waals surface area contributed by atoms with E-state index in [0.717, 1.165) is 33.9 Å². The molecule has 2 aliphatic rings. The van der Waals surface area contributed by atoms with E-state index < -0.39 is 0 Å². The maximum atomic E-state index is 2.59. The molecule has 1 atom stereocenters. The van der Waals surface area contributed by atoms with E-state index in [-0.39, 0.29) is 5.41 Å². The summed E-state index contributed by atoms with van der Waals surface area (Å²) < 4.78 is 2.43. The van der Waals surface area contributed by atoms with Gasteiger partial charge in [0.25, 0.3) is 0 Å². The average Bonchev–Trinajstić information content (AvgIpc) is 4.00. The molecule has 0 N–H and O–H groups in total. The molecule has 1 unspecified atom stereocenters. The van der Waals surface area contributed by atoms with Crippen LogP contribution in [0.1, 0.15) is 67.2 Å². The minimum absolute atomic E-state index is 0.331. The lowest BCUT2D eigenvalue weighted by Gasteiger charge is -2.32. The van der Waals surface area contributed by atoms with E-state index in [1.807, 2.05) is 0 Å². The number of hydrogen-bond donors (Lipinski definition) is 0. The summed E-state index contributed by atoms with van der Waals surface area (Å²) in [4.78, 5) is 2.59. The Labute approximate surface area is 434 Å². The summed E-state index contributed by atoms with van der Waals surface area (Å²) in [7, 11) is 0. The lowest BCUT2D eigenvalue weighted by atomic mass is 9.74. The number of para-hydroxylation sites is 5. The van der Waals surface area contributed by atoms with Gasteiger partial charge in [0, 0.05) is 38.6 Å². The van der Waals surface area contributed by atoms with E-state index in [4.69, 9.17) is 0 Å². The van der Waals surface area contributed by atoms with Gasteiger partial charge < -0.3 is 9.47 Å². The second kappa shape index (κ2) is 18.1. The molecule has 354 valence electrons. The van der Waals surface area contributed by atoms with Crippen molar-refractivity contribution in [2.24, 2.45) is 0 Å². The van der Waals surface area contributed by atoms with Crippen LogP contribution < -0.4 is 4.90 Å². The van der Waals surface area contributed by atoms with Gasteiger partial charge in [-0.05, 0) is 129 Å². The third kappa shape index (κ3) is 7.00. The molecule has 0 aliphatic heterocycles. The van der Waals surface area contributed by atoms with Crippen molar-refractivity contribution in [3.63, 3.8) is 0 Å². The van der Waals surface area contributed by atoms with Gasteiger partial charge >= 0.3 is 0 Å². The molecule has 74 heavy (non-hydrogen) atoms. The highest BCUT2D eigenvalue weighted by Gasteiger charge is 2.42. The monoisotopic (exact) mass is 948 g/mol. The summed E-state index contributed by atoms with van der Waals surface area (Å²) in [6, 6.07) is 95.4. The van der Waals surface area contributed by atoms with Crippen LogP contribution in [0.3, 0.4) is 0 Å². The fraction of sp³-hybridized carbons (Fsp3) is 0.111. The number of benzene rings is 11. The molecule has 0 spiro atoms. The Morgan fingerprint density at radius 3 is 1.70 bits per heavy atom. The highest BCUT2D eigenvalue weighted by molar-refractivity contribution is 6.11. The van der Waals surface area contributed by atoms with Gasteiger partial charge in [0.15, 0.2) is 0 Å². The molecule has 0 radical (unpaired) electrons. The second-order valence-corrected chi connectivity index (χ2v) is 20.7. The number of hydrogen-bond acceptors (Lipinski definition) is 1. The first kappa shape index (κ1) is 44.0. The minimum Gasteiger partial charge on any atom is -0.309 e. The van der Waals surface area contributed by atoms with Crippen molar-refractivity contribution in [2.75, 3.05) is 4.90 Å². The van der Waals surface area contributed by atoms with Crippen molar-refractivity contribution in [1.82, 2.24) is 4.57 Å². The Kier molecular flexibility index (Phi) is 10.8. The Morgan fingerprint density at radius 1 is 0.405 bits per heavy atom. The van der Waals surface area contributed by atoms with Crippen molar-refractivity contribution in [1.29, 1.82) is 0 Å². The van der Waals surface area contributed by atoms with Crippen molar-refractivity contribution in [3.8, 4) is 50.2 Å². The zero-order valence-electron chi connectivity index (χ0n) is 41.8. The topological polar surface area (TPSA) is 8.17 Å². The maximum absolute atomic E-state index is 2.59. The third-order valence-corrected chi connectivity index (χ3v) is 16.7. The fourth-order valence-corrected chi connectivity index (χ4v) is 13.3. The van der Waals surface area contributed by atoms with E-state index >= 15 is 0 Å². The molecule has 12 aromatic rings. The summed E-state index contributed by atoms with van der Waals surface area (Å²) in [5.74, 6) is 0.546. The predicted molar refractivity (Wildman–Crippen MR) is 313 cm³/mol. The molecule has 1 aromatic heterocycles. The molecular formula is C72H56N2. The Bertz CT molecular complexity index is 4080. The van der Waals surface area contributed by atoms with Crippen LogP contribution >= 0.6 is 0 Å². The fourth-order valence-electron chi connectivity index (χ4n) is 13.3. The van der Waals surface area contributed by atoms with Crippen molar-refractivity contribution in [3.05, 3.63) is 277 Å². The van der Waals surface area contributed by atoms with Gasteiger partial charge in [-0.25, -0.2) is 0 Å². The van der Waals surface area contributed by atoms with Gasteiger partial charge in [-0.15, -0.1) is 0 Å². The molecule has 2 aliphatic carbocycles. The molecule has 1 fully saturated rings. The van der Waals surface area contributed by atoms with Crippen LogP contribution in [0.4, 0.5) is 17.1 Å². The largest absolute Gasteiger partial charge is 0.309 e. The Balaban J connectivity index is 1.04. The molecule has 2 nitrogen and oxygen atoms in total. The van der Waals surface area contributed by atoms with Crippen molar-refractivity contribution < 1.29 is 0 Å². The van der Waals surface area contributed by atoms with E-state index in [9.17, 15) is 0 Å². The predicted octanol–water partition coefficient (Wildman–Crippen LogP) is 19.8. The summed E-state index contributed by atoms with van der Waals surface area (Å²) >= 11 is 0. The van der Waals surface area contributed by atoms with Crippen LogP contribution in [0.5, 0.6) is 0 Å². The molecule has 0 bridgehead atoms. The van der Waals surface area contributed by atoms with E-state index in [1.165, 1.54) is 120 Å². The highest BCUT2D eigenvalue weighted by Crippen LogP contribution is 2.57. The zero-order chi connectivity index (χ0) is 49.2. The lowest BCUT2D eigenvalue weighted by Crippen LogP contribution is -2.22. The molecule has 0 saturated heterocycles. The van der Waals surface area contributed by atoms with Gasteiger partial charge in [-0.1, -0.05) is 232 Å². The van der Waals surface area contributed by atoms with Gasteiger partial charge in [-0.3, -0.25) is 0 Å². The van der Waals surface area contributed by atoms with Gasteiger partial charge in [-0.2, -0.15) is 0 Å². The first-order chi connectivity index (χ1) is 36.6. The molecule has 11 aromatic carbocycles. The Hall–Kier alpha value is -8.72. The molecule has 0 amide bonds. The van der Waals surface area contributed by atoms with Crippen LogP contribution in [0, 0.1) is 0 Å². The minimum atomic E-state index is -0.331. The molecular weight excluding hydrogens is 893 g/mol. The Morgan fingerprint density at radius 2 is 0.946 bits per heavy atom. The van der Waals surface area contributed by atoms with Crippen LogP contribution in [0.15, 0.2) is 255 Å². The molecule has 1 saturated carbocycles. The molecule has 1 heterocycles. The van der Waals surface area contributed by atoms with Crippen LogP contribution in [0.2, 0.25) is 0 Å². The number of rotatable bonds is 9. The second-order valence-electron chi connectivity index (χ2n) is 20.7. The van der Waals surface area contributed by atoms with Crippen LogP contribution in [-0.4, -0.2) is 4.57 Å². The summed E-state index contributed by atoms with van der Waals surface area (Å²) in [6.45, 7) is 2.42. The average molecular weight is 949 g/mol. The normalized spacial score (nSPS) is 15.4. The number of fused-ring (bicyclic) bond motifs is 7. The maximum Gasteiger partial charge on any atom is 0.0547 e. The van der Waals surface area contributed by atoms with Gasteiger partial charge in [0.05, 0.1) is 28.1 Å². The van der Waals surface area contributed by atoms with Gasteiger partial charge in [0.2, 0.25) is 0 Å². The summed E-state index contributed by atoms with van der Waals surface area (Å²) in [6.07, 6.45) is 6.38. The first-order valence-electron chi connectivity index (χ1n) is 26.6. The standard InChI is InChI=1S/C72H56N2/c1-72(52-28-7-3-8-29-52)63-40-16-11-36-62(63)71-61(39-23-41-64(71)72)58-35-15-20-45-68(58)74(67-44-19-14-34-57(67)60-38-22-27-50-26-21-37-55(70(50)60)49-24-5-2-6-25-49)65-42-17-12-32-54(65)51-46-47-59-56-33-13-18-43-66(56)73(69(59)48-51)53-30-9-4-10-31-53/h3-4,7-23,26-49H,2,5-6,24-25H2,1H3. The summed E-state index contributed by atoms with van der Waals surface area (Å²) in [5.41, 5.74) is 21.8. The first-order valence-corrected chi connectivity index (χ1v) is 26.6. The zero-order valence-corrected chi connectivity index (χ0v) is 41.8. The van der Waals surface area contributed by atoms with Gasteiger partial charge in [0.1, 0.15) is 0 Å². The highest BCUT2D eigenvalue weighted by atomic mass is 15.2. The quantitative estimate of drug-likeness (QED) is 0.140. The van der Waals surface area contributed by atoms with Crippen LogP contribution in [0.25, 0.3) is 82.8 Å². The van der Waals surface area contributed by atoms with Crippen LogP contribution in [-0.2, 0) is 5.41 Å². The van der Waals surface area contributed by atoms with Crippen molar-refractivity contribution >= 4 is 49.6 Å². The smallest absolute Gasteiger partial charge is 0.0547 e. The number of nitrogens with zero attached hydrogens (tertiary/aromatic N) is 2. The van der Waals surface area contributed by atoms with E-state index in [1.54, 1.807) is 0 Å². The molecule has 14 rings (SSSR count). The van der Waals surface area contributed by atoms with E-state index in [0.29, 0.717) is 5.92 Å². The van der Waals surface area contributed by atoms with E-state index in [2.05, 4.69) is 271 Å².